The molecule has 1 heterocycles. The molecule has 2 amide bonds. The summed E-state index contributed by atoms with van der Waals surface area (Å²) in [5.41, 5.74) is 1.98. The first kappa shape index (κ1) is 15.7. The molecular formula is C18H20N2O2S. The SMILES string of the molecule is CN(C)C(=O)c1cc2c(s1)CCC(C(=O)Nc1ccccc1)C2. The monoisotopic (exact) mass is 328 g/mol. The van der Waals surface area contributed by atoms with Crippen LogP contribution in [0.25, 0.3) is 0 Å². The minimum Gasteiger partial charge on any atom is -0.344 e. The zero-order chi connectivity index (χ0) is 16.4. The smallest absolute Gasteiger partial charge is 0.263 e. The van der Waals surface area contributed by atoms with Crippen molar-refractivity contribution < 1.29 is 9.59 Å². The molecule has 0 saturated carbocycles. The van der Waals surface area contributed by atoms with Crippen molar-refractivity contribution in [1.29, 1.82) is 0 Å². The van der Waals surface area contributed by atoms with Crippen molar-refractivity contribution in [3.8, 4) is 0 Å². The van der Waals surface area contributed by atoms with E-state index in [-0.39, 0.29) is 17.7 Å². The summed E-state index contributed by atoms with van der Waals surface area (Å²) in [5, 5.41) is 2.98. The third-order valence-corrected chi connectivity index (χ3v) is 5.34. The van der Waals surface area contributed by atoms with Gasteiger partial charge in [0.25, 0.3) is 5.91 Å². The van der Waals surface area contributed by atoms with Crippen LogP contribution in [0.5, 0.6) is 0 Å². The van der Waals surface area contributed by atoms with Crippen molar-refractivity contribution in [3.63, 3.8) is 0 Å². The van der Waals surface area contributed by atoms with Crippen LogP contribution in [0.2, 0.25) is 0 Å². The molecule has 1 aliphatic carbocycles. The fourth-order valence-corrected chi connectivity index (χ4v) is 4.07. The van der Waals surface area contributed by atoms with Crippen molar-refractivity contribution in [2.75, 3.05) is 19.4 Å². The molecule has 0 saturated heterocycles. The van der Waals surface area contributed by atoms with Gasteiger partial charge in [-0.15, -0.1) is 11.3 Å². The Kier molecular flexibility index (Phi) is 4.48. The number of para-hydroxylation sites is 1. The number of nitrogens with zero attached hydrogens (tertiary/aromatic N) is 1. The normalized spacial score (nSPS) is 16.5. The Hall–Kier alpha value is -2.14. The summed E-state index contributed by atoms with van der Waals surface area (Å²) in [4.78, 5) is 28.1. The second kappa shape index (κ2) is 6.54. The predicted molar refractivity (Wildman–Crippen MR) is 92.9 cm³/mol. The highest BCUT2D eigenvalue weighted by molar-refractivity contribution is 7.14. The van der Waals surface area contributed by atoms with Crippen LogP contribution >= 0.6 is 11.3 Å². The van der Waals surface area contributed by atoms with Crippen molar-refractivity contribution in [2.24, 2.45) is 5.92 Å². The van der Waals surface area contributed by atoms with Gasteiger partial charge in [-0.1, -0.05) is 18.2 Å². The molecule has 1 N–H and O–H groups in total. The number of amides is 2. The minimum atomic E-state index is -0.0281. The van der Waals surface area contributed by atoms with E-state index in [0.717, 1.165) is 29.0 Å². The zero-order valence-electron chi connectivity index (χ0n) is 13.3. The number of carbonyl (C=O) groups excluding carboxylic acids is 2. The van der Waals surface area contributed by atoms with E-state index < -0.39 is 0 Å². The maximum Gasteiger partial charge on any atom is 0.263 e. The molecule has 23 heavy (non-hydrogen) atoms. The van der Waals surface area contributed by atoms with Crippen LogP contribution in [0.15, 0.2) is 36.4 Å². The van der Waals surface area contributed by atoms with Crippen molar-refractivity contribution >= 4 is 28.8 Å². The van der Waals surface area contributed by atoms with E-state index in [1.165, 1.54) is 4.88 Å². The third kappa shape index (κ3) is 3.45. The molecule has 1 aliphatic rings. The number of aryl methyl sites for hydroxylation is 1. The Labute approximate surface area is 140 Å². The average Bonchev–Trinajstić information content (AvgIpc) is 2.97. The topological polar surface area (TPSA) is 49.4 Å². The number of anilines is 1. The first-order chi connectivity index (χ1) is 11.0. The van der Waals surface area contributed by atoms with Gasteiger partial charge in [0, 0.05) is 30.6 Å². The summed E-state index contributed by atoms with van der Waals surface area (Å²) in [6.07, 6.45) is 2.42. The van der Waals surface area contributed by atoms with E-state index in [1.807, 2.05) is 36.4 Å². The lowest BCUT2D eigenvalue weighted by Gasteiger charge is -2.21. The Morgan fingerprint density at radius 1 is 1.22 bits per heavy atom. The molecule has 4 nitrogen and oxygen atoms in total. The average molecular weight is 328 g/mol. The first-order valence-electron chi connectivity index (χ1n) is 7.73. The van der Waals surface area contributed by atoms with E-state index in [4.69, 9.17) is 0 Å². The standard InChI is InChI=1S/C18H20N2O2S/c1-20(2)18(22)16-11-13-10-12(8-9-15(13)23-16)17(21)19-14-6-4-3-5-7-14/h3-7,11-12H,8-10H2,1-2H3,(H,19,21). The van der Waals surface area contributed by atoms with Crippen molar-refractivity contribution in [1.82, 2.24) is 4.90 Å². The molecule has 0 spiro atoms. The number of hydrogen-bond donors (Lipinski definition) is 1. The van der Waals surface area contributed by atoms with Crippen molar-refractivity contribution in [2.45, 2.75) is 19.3 Å². The van der Waals surface area contributed by atoms with E-state index in [0.29, 0.717) is 6.42 Å². The van der Waals surface area contributed by atoms with Crippen molar-refractivity contribution in [3.05, 3.63) is 51.7 Å². The molecule has 1 unspecified atom stereocenters. The first-order valence-corrected chi connectivity index (χ1v) is 8.55. The summed E-state index contributed by atoms with van der Waals surface area (Å²) in [5.74, 6) is 0.0721. The molecule has 3 rings (SSSR count). The molecule has 5 heteroatoms. The number of rotatable bonds is 3. The Morgan fingerprint density at radius 3 is 2.65 bits per heavy atom. The number of carbonyl (C=O) groups is 2. The molecular weight excluding hydrogens is 308 g/mol. The van der Waals surface area contributed by atoms with Crippen LogP contribution in [0.1, 0.15) is 26.5 Å². The van der Waals surface area contributed by atoms with Gasteiger partial charge in [0.1, 0.15) is 0 Å². The van der Waals surface area contributed by atoms with E-state index in [2.05, 4.69) is 5.32 Å². The largest absolute Gasteiger partial charge is 0.344 e. The van der Waals surface area contributed by atoms with Gasteiger partial charge in [-0.2, -0.15) is 0 Å². The predicted octanol–water partition coefficient (Wildman–Crippen LogP) is 3.19. The molecule has 0 fully saturated rings. The summed E-state index contributed by atoms with van der Waals surface area (Å²) in [6.45, 7) is 0. The second-order valence-electron chi connectivity index (χ2n) is 6.05. The van der Waals surface area contributed by atoms with E-state index in [1.54, 1.807) is 30.3 Å². The van der Waals surface area contributed by atoms with Crippen LogP contribution < -0.4 is 5.32 Å². The fourth-order valence-electron chi connectivity index (χ4n) is 2.84. The van der Waals surface area contributed by atoms with E-state index in [9.17, 15) is 9.59 Å². The molecule has 0 bridgehead atoms. The Morgan fingerprint density at radius 2 is 1.96 bits per heavy atom. The van der Waals surface area contributed by atoms with Gasteiger partial charge in [0.05, 0.1) is 4.88 Å². The van der Waals surface area contributed by atoms with Crippen LogP contribution in [-0.2, 0) is 17.6 Å². The number of fused-ring (bicyclic) bond motifs is 1. The zero-order valence-corrected chi connectivity index (χ0v) is 14.2. The minimum absolute atomic E-state index is 0.0281. The van der Waals surface area contributed by atoms with Gasteiger partial charge in [-0.3, -0.25) is 9.59 Å². The number of nitrogens with one attached hydrogen (secondary N) is 1. The lowest BCUT2D eigenvalue weighted by Crippen LogP contribution is -2.27. The molecule has 0 aliphatic heterocycles. The number of benzene rings is 1. The second-order valence-corrected chi connectivity index (χ2v) is 7.19. The molecule has 2 aromatic rings. The lowest BCUT2D eigenvalue weighted by molar-refractivity contribution is -0.120. The third-order valence-electron chi connectivity index (χ3n) is 4.11. The van der Waals surface area contributed by atoms with Gasteiger partial charge in [-0.25, -0.2) is 0 Å². The summed E-state index contributed by atoms with van der Waals surface area (Å²) < 4.78 is 0. The highest BCUT2D eigenvalue weighted by Gasteiger charge is 2.27. The van der Waals surface area contributed by atoms with Crippen LogP contribution in [0.3, 0.4) is 0 Å². The number of thiophene rings is 1. The Bertz CT molecular complexity index is 722. The Balaban J connectivity index is 1.70. The van der Waals surface area contributed by atoms with Gasteiger partial charge >= 0.3 is 0 Å². The maximum atomic E-state index is 12.4. The van der Waals surface area contributed by atoms with Crippen LogP contribution in [-0.4, -0.2) is 30.8 Å². The lowest BCUT2D eigenvalue weighted by atomic mass is 9.87. The van der Waals surface area contributed by atoms with Gasteiger partial charge in [0.15, 0.2) is 0 Å². The maximum absolute atomic E-state index is 12.4. The number of hydrogen-bond acceptors (Lipinski definition) is 3. The van der Waals surface area contributed by atoms with Gasteiger partial charge in [-0.05, 0) is 43.0 Å². The molecule has 1 atom stereocenters. The molecule has 120 valence electrons. The quantitative estimate of drug-likeness (QED) is 0.941. The highest BCUT2D eigenvalue weighted by atomic mass is 32.1. The molecule has 1 aromatic heterocycles. The van der Waals surface area contributed by atoms with Crippen LogP contribution in [0.4, 0.5) is 5.69 Å². The summed E-state index contributed by atoms with van der Waals surface area (Å²) in [7, 11) is 3.52. The van der Waals surface area contributed by atoms with Crippen LogP contribution in [0, 0.1) is 5.92 Å². The molecule has 0 radical (unpaired) electrons. The fraction of sp³-hybridized carbons (Fsp3) is 0.333. The molecule has 1 aromatic carbocycles. The highest BCUT2D eigenvalue weighted by Crippen LogP contribution is 2.33. The van der Waals surface area contributed by atoms with Gasteiger partial charge < -0.3 is 10.2 Å². The van der Waals surface area contributed by atoms with E-state index >= 15 is 0 Å². The summed E-state index contributed by atoms with van der Waals surface area (Å²) >= 11 is 1.57. The summed E-state index contributed by atoms with van der Waals surface area (Å²) in [6, 6.07) is 11.5. The van der Waals surface area contributed by atoms with Gasteiger partial charge in [0.2, 0.25) is 5.91 Å².